The predicted octanol–water partition coefficient (Wildman–Crippen LogP) is 4.42. The minimum atomic E-state index is 0.367. The van der Waals surface area contributed by atoms with E-state index in [1.54, 1.807) is 0 Å². The highest BCUT2D eigenvalue weighted by Crippen LogP contribution is 2.29. The van der Waals surface area contributed by atoms with Crippen molar-refractivity contribution in [3.8, 4) is 11.3 Å². The van der Waals surface area contributed by atoms with Crippen LogP contribution in [0, 0.1) is 0 Å². The first-order valence-electron chi connectivity index (χ1n) is 9.11. The summed E-state index contributed by atoms with van der Waals surface area (Å²) in [4.78, 5) is 4.64. The van der Waals surface area contributed by atoms with Gasteiger partial charge in [-0.15, -0.1) is 0 Å². The predicted molar refractivity (Wildman–Crippen MR) is 102 cm³/mol. The van der Waals surface area contributed by atoms with E-state index in [9.17, 15) is 0 Å². The summed E-state index contributed by atoms with van der Waals surface area (Å²) in [5.41, 5.74) is 0.923. The first-order chi connectivity index (χ1) is 12.6. The van der Waals surface area contributed by atoms with E-state index in [1.807, 2.05) is 41.1 Å². The molecule has 1 aliphatic rings. The fraction of sp³-hybridized carbons (Fsp3) is 0.400. The summed E-state index contributed by atoms with van der Waals surface area (Å²) < 4.78 is 8.01. The third-order valence-electron chi connectivity index (χ3n) is 4.76. The molecular formula is C20H23ClN4O. The van der Waals surface area contributed by atoms with Crippen molar-refractivity contribution in [2.24, 2.45) is 0 Å². The van der Waals surface area contributed by atoms with Gasteiger partial charge in [-0.25, -0.2) is 9.67 Å². The molecule has 26 heavy (non-hydrogen) atoms. The SMILES string of the molecule is CC(C)c1nc2n(n1)CC(NCc1ccc(-c3ccccc3Cl)o1)CC2. The lowest BCUT2D eigenvalue weighted by atomic mass is 10.1. The van der Waals surface area contributed by atoms with Gasteiger partial charge in [-0.3, -0.25) is 0 Å². The molecular weight excluding hydrogens is 348 g/mol. The fourth-order valence-electron chi connectivity index (χ4n) is 3.26. The number of furan rings is 1. The molecule has 1 aromatic carbocycles. The molecule has 1 aliphatic heterocycles. The fourth-order valence-corrected chi connectivity index (χ4v) is 3.49. The minimum absolute atomic E-state index is 0.367. The normalized spacial score (nSPS) is 16.8. The molecule has 3 aromatic rings. The van der Waals surface area contributed by atoms with Crippen molar-refractivity contribution < 1.29 is 4.42 Å². The van der Waals surface area contributed by atoms with Gasteiger partial charge in [-0.05, 0) is 30.7 Å². The quantitative estimate of drug-likeness (QED) is 0.722. The van der Waals surface area contributed by atoms with E-state index in [4.69, 9.17) is 16.0 Å². The Kier molecular flexibility index (Phi) is 4.83. The lowest BCUT2D eigenvalue weighted by molar-refractivity contribution is 0.345. The Bertz CT molecular complexity index is 899. The molecule has 1 N–H and O–H groups in total. The molecule has 1 atom stereocenters. The average molecular weight is 371 g/mol. The van der Waals surface area contributed by atoms with Crippen molar-refractivity contribution in [3.05, 3.63) is 58.8 Å². The molecule has 0 fully saturated rings. The van der Waals surface area contributed by atoms with Gasteiger partial charge in [0, 0.05) is 23.9 Å². The van der Waals surface area contributed by atoms with Crippen LogP contribution in [-0.2, 0) is 19.5 Å². The van der Waals surface area contributed by atoms with Gasteiger partial charge in [0.2, 0.25) is 0 Å². The Morgan fingerprint density at radius 3 is 2.92 bits per heavy atom. The molecule has 5 nitrogen and oxygen atoms in total. The number of aryl methyl sites for hydroxylation is 1. The largest absolute Gasteiger partial charge is 0.460 e. The van der Waals surface area contributed by atoms with Crippen molar-refractivity contribution >= 4 is 11.6 Å². The average Bonchev–Trinajstić information content (AvgIpc) is 3.27. The van der Waals surface area contributed by atoms with Crippen molar-refractivity contribution in [2.75, 3.05) is 0 Å². The zero-order valence-corrected chi connectivity index (χ0v) is 15.8. The van der Waals surface area contributed by atoms with Crippen molar-refractivity contribution in [1.82, 2.24) is 20.1 Å². The lowest BCUT2D eigenvalue weighted by Crippen LogP contribution is -2.37. The van der Waals surface area contributed by atoms with E-state index in [-0.39, 0.29) is 0 Å². The van der Waals surface area contributed by atoms with Crippen molar-refractivity contribution in [1.29, 1.82) is 0 Å². The Balaban J connectivity index is 1.38. The molecule has 0 radical (unpaired) electrons. The third kappa shape index (κ3) is 3.55. The van der Waals surface area contributed by atoms with Crippen LogP contribution in [0.1, 0.15) is 43.6 Å². The molecule has 0 saturated carbocycles. The van der Waals surface area contributed by atoms with Gasteiger partial charge in [0.25, 0.3) is 0 Å². The smallest absolute Gasteiger partial charge is 0.153 e. The van der Waals surface area contributed by atoms with Crippen LogP contribution in [-0.4, -0.2) is 20.8 Å². The van der Waals surface area contributed by atoms with E-state index in [1.165, 1.54) is 0 Å². The topological polar surface area (TPSA) is 55.9 Å². The number of hydrogen-bond donors (Lipinski definition) is 1. The molecule has 0 spiro atoms. The second kappa shape index (κ2) is 7.25. The molecule has 0 bridgehead atoms. The highest BCUT2D eigenvalue weighted by molar-refractivity contribution is 6.33. The lowest BCUT2D eigenvalue weighted by Gasteiger charge is -2.23. The van der Waals surface area contributed by atoms with E-state index < -0.39 is 0 Å². The second-order valence-electron chi connectivity index (χ2n) is 7.09. The standard InChI is InChI=1S/C20H23ClN4O/c1-13(2)20-23-19-10-7-14(12-25(19)24-20)22-11-15-8-9-18(26-15)16-5-3-4-6-17(16)21/h3-6,8-9,13-14,22H,7,10-12H2,1-2H3. The Hall–Kier alpha value is -2.11. The molecule has 1 unspecified atom stereocenters. The maximum atomic E-state index is 6.25. The third-order valence-corrected chi connectivity index (χ3v) is 5.09. The summed E-state index contributed by atoms with van der Waals surface area (Å²) in [5, 5.41) is 8.92. The van der Waals surface area contributed by atoms with Gasteiger partial charge in [0.15, 0.2) is 5.82 Å². The second-order valence-corrected chi connectivity index (χ2v) is 7.49. The molecule has 0 amide bonds. The van der Waals surface area contributed by atoms with Gasteiger partial charge in [-0.2, -0.15) is 5.10 Å². The van der Waals surface area contributed by atoms with E-state index in [2.05, 4.69) is 29.2 Å². The molecule has 4 rings (SSSR count). The van der Waals surface area contributed by atoms with Gasteiger partial charge in [-0.1, -0.05) is 37.6 Å². The molecule has 0 aliphatic carbocycles. The van der Waals surface area contributed by atoms with Crippen LogP contribution in [0.5, 0.6) is 0 Å². The first-order valence-corrected chi connectivity index (χ1v) is 9.48. The molecule has 2 aromatic heterocycles. The number of halogens is 1. The number of aromatic nitrogens is 3. The number of fused-ring (bicyclic) bond motifs is 1. The van der Waals surface area contributed by atoms with Crippen LogP contribution >= 0.6 is 11.6 Å². The highest BCUT2D eigenvalue weighted by Gasteiger charge is 2.22. The zero-order chi connectivity index (χ0) is 18.1. The first kappa shape index (κ1) is 17.3. The molecule has 6 heteroatoms. The number of benzene rings is 1. The Labute approximate surface area is 158 Å². The summed E-state index contributed by atoms with van der Waals surface area (Å²) in [5.74, 6) is 4.12. The zero-order valence-electron chi connectivity index (χ0n) is 15.1. The monoisotopic (exact) mass is 370 g/mol. The summed E-state index contributed by atoms with van der Waals surface area (Å²) in [6.45, 7) is 5.80. The van der Waals surface area contributed by atoms with Crippen molar-refractivity contribution in [3.63, 3.8) is 0 Å². The van der Waals surface area contributed by atoms with Crippen LogP contribution < -0.4 is 5.32 Å². The Morgan fingerprint density at radius 1 is 1.27 bits per heavy atom. The number of hydrogen-bond acceptors (Lipinski definition) is 4. The highest BCUT2D eigenvalue weighted by atomic mass is 35.5. The molecule has 136 valence electrons. The number of nitrogens with zero attached hydrogens (tertiary/aromatic N) is 3. The van der Waals surface area contributed by atoms with E-state index in [0.29, 0.717) is 23.5 Å². The molecule has 3 heterocycles. The Morgan fingerprint density at radius 2 is 2.12 bits per heavy atom. The molecule has 0 saturated heterocycles. The van der Waals surface area contributed by atoms with Crippen LogP contribution in [0.3, 0.4) is 0 Å². The minimum Gasteiger partial charge on any atom is -0.460 e. The van der Waals surface area contributed by atoms with Crippen LogP contribution in [0.25, 0.3) is 11.3 Å². The van der Waals surface area contributed by atoms with Crippen molar-refractivity contribution in [2.45, 2.75) is 51.7 Å². The number of rotatable bonds is 5. The van der Waals surface area contributed by atoms with E-state index in [0.717, 1.165) is 48.1 Å². The summed E-state index contributed by atoms with van der Waals surface area (Å²) in [6, 6.07) is 12.1. The van der Waals surface area contributed by atoms with Crippen LogP contribution in [0.4, 0.5) is 0 Å². The maximum absolute atomic E-state index is 6.25. The summed E-state index contributed by atoms with van der Waals surface area (Å²) in [6.07, 6.45) is 2.02. The van der Waals surface area contributed by atoms with Crippen LogP contribution in [0.15, 0.2) is 40.8 Å². The summed E-state index contributed by atoms with van der Waals surface area (Å²) in [7, 11) is 0. The van der Waals surface area contributed by atoms with Gasteiger partial charge in [0.1, 0.15) is 17.3 Å². The van der Waals surface area contributed by atoms with Gasteiger partial charge >= 0.3 is 0 Å². The maximum Gasteiger partial charge on any atom is 0.153 e. The summed E-state index contributed by atoms with van der Waals surface area (Å²) >= 11 is 6.25. The van der Waals surface area contributed by atoms with Gasteiger partial charge in [0.05, 0.1) is 18.1 Å². The van der Waals surface area contributed by atoms with E-state index >= 15 is 0 Å². The van der Waals surface area contributed by atoms with Gasteiger partial charge < -0.3 is 9.73 Å². The number of nitrogens with one attached hydrogen (secondary N) is 1. The van der Waals surface area contributed by atoms with Crippen LogP contribution in [0.2, 0.25) is 5.02 Å².